The van der Waals surface area contributed by atoms with Gasteiger partial charge in [-0.1, -0.05) is 48.0 Å². The van der Waals surface area contributed by atoms with Gasteiger partial charge in [0, 0.05) is 18.0 Å². The van der Waals surface area contributed by atoms with Crippen molar-refractivity contribution >= 4 is 0 Å². The van der Waals surface area contributed by atoms with Crippen molar-refractivity contribution < 1.29 is 4.74 Å². The molecule has 2 heteroatoms. The van der Waals surface area contributed by atoms with Crippen LogP contribution in [0.25, 0.3) is 0 Å². The number of nitrogens with one attached hydrogen (secondary N) is 1. The Labute approximate surface area is 133 Å². The Morgan fingerprint density at radius 1 is 1.14 bits per heavy atom. The molecule has 1 unspecified atom stereocenters. The van der Waals surface area contributed by atoms with Gasteiger partial charge in [0.05, 0.1) is 0 Å². The predicted octanol–water partition coefficient (Wildman–Crippen LogP) is 4.43. The fourth-order valence-corrected chi connectivity index (χ4v) is 3.19. The molecule has 0 radical (unpaired) electrons. The molecule has 1 atom stereocenters. The molecule has 1 heterocycles. The topological polar surface area (TPSA) is 21.3 Å². The van der Waals surface area contributed by atoms with E-state index in [1.165, 1.54) is 16.7 Å². The summed E-state index contributed by atoms with van der Waals surface area (Å²) >= 11 is 0. The van der Waals surface area contributed by atoms with Crippen molar-refractivity contribution in [2.45, 2.75) is 45.3 Å². The van der Waals surface area contributed by atoms with E-state index < -0.39 is 0 Å². The summed E-state index contributed by atoms with van der Waals surface area (Å²) in [4.78, 5) is 0. The quantitative estimate of drug-likeness (QED) is 0.901. The summed E-state index contributed by atoms with van der Waals surface area (Å²) in [6.07, 6.45) is 2.05. The smallest absolute Gasteiger partial charge is 0.124 e. The lowest BCUT2D eigenvalue weighted by Gasteiger charge is -2.38. The van der Waals surface area contributed by atoms with E-state index in [1.807, 2.05) is 0 Å². The first-order valence-corrected chi connectivity index (χ1v) is 8.10. The molecular formula is C20H25NO. The zero-order chi connectivity index (χ0) is 15.6. The van der Waals surface area contributed by atoms with Crippen LogP contribution in [0.15, 0.2) is 48.5 Å². The van der Waals surface area contributed by atoms with Crippen molar-refractivity contribution in [3.8, 4) is 5.75 Å². The summed E-state index contributed by atoms with van der Waals surface area (Å²) in [6, 6.07) is 17.5. The minimum atomic E-state index is -0.118. The van der Waals surface area contributed by atoms with Gasteiger partial charge in [0.1, 0.15) is 11.4 Å². The summed E-state index contributed by atoms with van der Waals surface area (Å²) in [5, 5.41) is 3.73. The van der Waals surface area contributed by atoms with Crippen molar-refractivity contribution in [2.24, 2.45) is 0 Å². The molecule has 1 N–H and O–H groups in total. The average Bonchev–Trinajstić information content (AvgIpc) is 2.48. The number of ether oxygens (including phenoxy) is 1. The molecule has 0 aromatic heterocycles. The van der Waals surface area contributed by atoms with Crippen LogP contribution in [-0.2, 0) is 6.42 Å². The van der Waals surface area contributed by atoms with Crippen LogP contribution in [0.5, 0.6) is 5.75 Å². The van der Waals surface area contributed by atoms with Crippen LogP contribution in [0.1, 0.15) is 43.0 Å². The normalized spacial score (nSPS) is 19.3. The molecule has 0 spiro atoms. The van der Waals surface area contributed by atoms with Crippen molar-refractivity contribution in [1.82, 2.24) is 5.32 Å². The zero-order valence-corrected chi connectivity index (χ0v) is 13.7. The minimum absolute atomic E-state index is 0.118. The van der Waals surface area contributed by atoms with Gasteiger partial charge in [0.15, 0.2) is 0 Å². The monoisotopic (exact) mass is 295 g/mol. The van der Waals surface area contributed by atoms with Crippen molar-refractivity contribution in [1.29, 1.82) is 0 Å². The van der Waals surface area contributed by atoms with Crippen molar-refractivity contribution in [3.63, 3.8) is 0 Å². The summed E-state index contributed by atoms with van der Waals surface area (Å²) in [5.74, 6) is 1.03. The van der Waals surface area contributed by atoms with E-state index in [9.17, 15) is 0 Å². The Morgan fingerprint density at radius 2 is 1.91 bits per heavy atom. The van der Waals surface area contributed by atoms with Gasteiger partial charge < -0.3 is 10.1 Å². The Kier molecular flexibility index (Phi) is 4.21. The lowest BCUT2D eigenvalue weighted by molar-refractivity contribution is 0.0661. The lowest BCUT2D eigenvalue weighted by atomic mass is 9.89. The molecule has 2 aromatic carbocycles. The van der Waals surface area contributed by atoms with Crippen LogP contribution in [0.4, 0.5) is 0 Å². The first-order valence-electron chi connectivity index (χ1n) is 8.10. The number of rotatable bonds is 4. The first-order chi connectivity index (χ1) is 10.5. The third-order valence-corrected chi connectivity index (χ3v) is 4.27. The number of hydrogen-bond acceptors (Lipinski definition) is 2. The Hall–Kier alpha value is -1.80. The Bertz CT molecular complexity index is 633. The molecule has 0 saturated heterocycles. The number of hydrogen-bond donors (Lipinski definition) is 1. The number of benzene rings is 2. The largest absolute Gasteiger partial charge is 0.487 e. The summed E-state index contributed by atoms with van der Waals surface area (Å²) in [6.45, 7) is 7.46. The molecule has 22 heavy (non-hydrogen) atoms. The highest BCUT2D eigenvalue weighted by Crippen LogP contribution is 2.39. The molecular weight excluding hydrogens is 270 g/mol. The number of aryl methyl sites for hydroxylation is 1. The van der Waals surface area contributed by atoms with E-state index in [0.717, 1.165) is 25.1 Å². The predicted molar refractivity (Wildman–Crippen MR) is 91.4 cm³/mol. The van der Waals surface area contributed by atoms with Crippen molar-refractivity contribution in [3.05, 3.63) is 65.2 Å². The second-order valence-electron chi connectivity index (χ2n) is 6.85. The minimum Gasteiger partial charge on any atom is -0.487 e. The maximum atomic E-state index is 6.13. The van der Waals surface area contributed by atoms with Gasteiger partial charge in [-0.2, -0.15) is 0 Å². The van der Waals surface area contributed by atoms with Gasteiger partial charge in [-0.15, -0.1) is 0 Å². The summed E-state index contributed by atoms with van der Waals surface area (Å²) in [7, 11) is 0. The molecule has 2 aromatic rings. The molecule has 3 rings (SSSR count). The maximum Gasteiger partial charge on any atom is 0.124 e. The lowest BCUT2D eigenvalue weighted by Crippen LogP contribution is -2.40. The SMILES string of the molecule is Cc1ccc2c(c1)C(NCCc1ccccc1)CC(C)(C)O2. The fourth-order valence-electron chi connectivity index (χ4n) is 3.19. The van der Waals surface area contributed by atoms with Gasteiger partial charge in [-0.3, -0.25) is 0 Å². The van der Waals surface area contributed by atoms with Crippen LogP contribution in [0.3, 0.4) is 0 Å². The van der Waals surface area contributed by atoms with E-state index in [4.69, 9.17) is 4.74 Å². The molecule has 1 aliphatic rings. The molecule has 0 bridgehead atoms. The van der Waals surface area contributed by atoms with Gasteiger partial charge in [-0.25, -0.2) is 0 Å². The second-order valence-corrected chi connectivity index (χ2v) is 6.85. The highest BCUT2D eigenvalue weighted by Gasteiger charge is 2.33. The van der Waals surface area contributed by atoms with E-state index in [2.05, 4.69) is 74.6 Å². The third kappa shape index (κ3) is 3.50. The zero-order valence-electron chi connectivity index (χ0n) is 13.7. The maximum absolute atomic E-state index is 6.13. The van der Waals surface area contributed by atoms with E-state index in [-0.39, 0.29) is 5.60 Å². The Balaban J connectivity index is 1.71. The molecule has 0 saturated carbocycles. The molecule has 2 nitrogen and oxygen atoms in total. The van der Waals surface area contributed by atoms with Gasteiger partial charge in [0.2, 0.25) is 0 Å². The summed E-state index contributed by atoms with van der Waals surface area (Å²) < 4.78 is 6.13. The van der Waals surface area contributed by atoms with Crippen LogP contribution in [-0.4, -0.2) is 12.1 Å². The first kappa shape index (κ1) is 15.1. The van der Waals surface area contributed by atoms with Gasteiger partial charge in [-0.05, 0) is 45.4 Å². The molecule has 0 fully saturated rings. The van der Waals surface area contributed by atoms with Gasteiger partial charge >= 0.3 is 0 Å². The molecule has 116 valence electrons. The highest BCUT2D eigenvalue weighted by atomic mass is 16.5. The van der Waals surface area contributed by atoms with E-state index in [1.54, 1.807) is 0 Å². The van der Waals surface area contributed by atoms with Crippen LogP contribution in [0.2, 0.25) is 0 Å². The van der Waals surface area contributed by atoms with Crippen LogP contribution < -0.4 is 10.1 Å². The number of fused-ring (bicyclic) bond motifs is 1. The molecule has 0 amide bonds. The molecule has 0 aliphatic carbocycles. The summed E-state index contributed by atoms with van der Waals surface area (Å²) in [5.41, 5.74) is 3.85. The van der Waals surface area contributed by atoms with E-state index >= 15 is 0 Å². The fraction of sp³-hybridized carbons (Fsp3) is 0.400. The van der Waals surface area contributed by atoms with E-state index in [0.29, 0.717) is 6.04 Å². The standard InChI is InChI=1S/C20H25NO/c1-15-9-10-19-17(13-15)18(14-20(2,3)22-19)21-12-11-16-7-5-4-6-8-16/h4-10,13,18,21H,11-12,14H2,1-3H3. The van der Waals surface area contributed by atoms with Crippen LogP contribution in [0, 0.1) is 6.92 Å². The second kappa shape index (κ2) is 6.13. The van der Waals surface area contributed by atoms with Crippen molar-refractivity contribution in [2.75, 3.05) is 6.54 Å². The Morgan fingerprint density at radius 3 is 2.68 bits per heavy atom. The molecule has 1 aliphatic heterocycles. The highest BCUT2D eigenvalue weighted by molar-refractivity contribution is 5.41. The average molecular weight is 295 g/mol. The van der Waals surface area contributed by atoms with Crippen LogP contribution >= 0.6 is 0 Å². The van der Waals surface area contributed by atoms with Gasteiger partial charge in [0.25, 0.3) is 0 Å². The third-order valence-electron chi connectivity index (χ3n) is 4.27.